The van der Waals surface area contributed by atoms with Crippen LogP contribution in [0.2, 0.25) is 0 Å². The topological polar surface area (TPSA) is 74.6 Å². The maximum Gasteiger partial charge on any atom is 0.239 e. The van der Waals surface area contributed by atoms with Gasteiger partial charge in [0.05, 0.1) is 26.3 Å². The quantitative estimate of drug-likeness (QED) is 0.790. The number of nitriles is 1. The number of anilines is 1. The molecule has 1 aliphatic heterocycles. The molecule has 0 saturated heterocycles. The molecule has 0 unspecified atom stereocenters. The SMILES string of the molecule is COc1cc2c(cc1OC)CN(CC(=O)Nc1sc3c(c1C#N)CC[C@H](C)C3)CC2. The smallest absolute Gasteiger partial charge is 0.239 e. The third-order valence-electron chi connectivity index (χ3n) is 6.04. The molecule has 0 fully saturated rings. The molecule has 4 rings (SSSR count). The van der Waals surface area contributed by atoms with Crippen molar-refractivity contribution in [2.24, 2.45) is 5.92 Å². The van der Waals surface area contributed by atoms with Crippen LogP contribution < -0.4 is 14.8 Å². The first kappa shape index (κ1) is 20.7. The number of fused-ring (bicyclic) bond motifs is 2. The third kappa shape index (κ3) is 4.03. The molecule has 1 aromatic carbocycles. The summed E-state index contributed by atoms with van der Waals surface area (Å²) in [6.07, 6.45) is 3.89. The Hall–Kier alpha value is -2.56. The second-order valence-corrected chi connectivity index (χ2v) is 9.26. The lowest BCUT2D eigenvalue weighted by Gasteiger charge is -2.29. The van der Waals surface area contributed by atoms with E-state index in [1.165, 1.54) is 10.4 Å². The zero-order chi connectivity index (χ0) is 21.3. The van der Waals surface area contributed by atoms with Crippen molar-refractivity contribution in [1.82, 2.24) is 4.90 Å². The molecule has 0 saturated carbocycles. The predicted molar refractivity (Wildman–Crippen MR) is 117 cm³/mol. The lowest BCUT2D eigenvalue weighted by Crippen LogP contribution is -2.37. The number of nitrogens with zero attached hydrogens (tertiary/aromatic N) is 2. The number of ether oxygens (including phenoxy) is 2. The first-order chi connectivity index (χ1) is 14.5. The monoisotopic (exact) mass is 425 g/mol. The van der Waals surface area contributed by atoms with Gasteiger partial charge >= 0.3 is 0 Å². The molecule has 1 atom stereocenters. The highest BCUT2D eigenvalue weighted by Gasteiger charge is 2.26. The second kappa shape index (κ2) is 8.66. The van der Waals surface area contributed by atoms with Gasteiger partial charge in [-0.2, -0.15) is 5.26 Å². The number of carbonyl (C=O) groups is 1. The van der Waals surface area contributed by atoms with Crippen molar-refractivity contribution < 1.29 is 14.3 Å². The Kier molecular flexibility index (Phi) is 5.98. The molecule has 1 N–H and O–H groups in total. The van der Waals surface area contributed by atoms with E-state index in [1.807, 2.05) is 12.1 Å². The van der Waals surface area contributed by atoms with Gasteiger partial charge in [-0.3, -0.25) is 9.69 Å². The Labute approximate surface area is 181 Å². The number of methoxy groups -OCH3 is 2. The largest absolute Gasteiger partial charge is 0.493 e. The van der Waals surface area contributed by atoms with E-state index in [2.05, 4.69) is 23.2 Å². The molecule has 1 amide bonds. The summed E-state index contributed by atoms with van der Waals surface area (Å²) in [5, 5.41) is 13.4. The number of hydrogen-bond donors (Lipinski definition) is 1. The molecule has 30 heavy (non-hydrogen) atoms. The standard InChI is InChI=1S/C23H27N3O3S/c1-14-4-5-17-18(11-24)23(30-21(17)8-14)25-22(27)13-26-7-6-15-9-19(28-2)20(29-3)10-16(15)12-26/h9-10,14H,4-8,12-13H2,1-3H3,(H,25,27)/t14-/m0/s1. The van der Waals surface area contributed by atoms with Gasteiger partial charge in [0.1, 0.15) is 11.1 Å². The molecule has 158 valence electrons. The number of nitrogens with one attached hydrogen (secondary N) is 1. The van der Waals surface area contributed by atoms with Crippen LogP contribution in [0, 0.1) is 17.2 Å². The van der Waals surface area contributed by atoms with Crippen LogP contribution in [0.4, 0.5) is 5.00 Å². The average Bonchev–Trinajstić information content (AvgIpc) is 3.08. The lowest BCUT2D eigenvalue weighted by molar-refractivity contribution is -0.117. The summed E-state index contributed by atoms with van der Waals surface area (Å²) >= 11 is 1.57. The molecule has 2 aliphatic rings. The zero-order valence-corrected chi connectivity index (χ0v) is 18.5. The third-order valence-corrected chi connectivity index (χ3v) is 7.21. The van der Waals surface area contributed by atoms with Crippen molar-refractivity contribution in [1.29, 1.82) is 5.26 Å². The second-order valence-electron chi connectivity index (χ2n) is 8.15. The van der Waals surface area contributed by atoms with Crippen LogP contribution in [0.1, 0.15) is 40.5 Å². The number of rotatable bonds is 5. The van der Waals surface area contributed by atoms with Crippen molar-refractivity contribution in [3.05, 3.63) is 39.3 Å². The van der Waals surface area contributed by atoms with Gasteiger partial charge in [0, 0.05) is 18.0 Å². The minimum absolute atomic E-state index is 0.0675. The molecule has 0 spiro atoms. The Morgan fingerprint density at radius 1 is 1.27 bits per heavy atom. The fourth-order valence-electron chi connectivity index (χ4n) is 4.40. The van der Waals surface area contributed by atoms with Crippen molar-refractivity contribution in [2.75, 3.05) is 32.6 Å². The van der Waals surface area contributed by atoms with E-state index in [0.29, 0.717) is 35.3 Å². The zero-order valence-electron chi connectivity index (χ0n) is 17.7. The Morgan fingerprint density at radius 2 is 2.00 bits per heavy atom. The van der Waals surface area contributed by atoms with E-state index >= 15 is 0 Å². The van der Waals surface area contributed by atoms with Crippen LogP contribution >= 0.6 is 11.3 Å². The number of amides is 1. The number of benzene rings is 1. The summed E-state index contributed by atoms with van der Waals surface area (Å²) in [6, 6.07) is 6.35. The first-order valence-electron chi connectivity index (χ1n) is 10.3. The predicted octanol–water partition coefficient (Wildman–Crippen LogP) is 3.76. The molecular weight excluding hydrogens is 398 g/mol. The van der Waals surface area contributed by atoms with Gasteiger partial charge < -0.3 is 14.8 Å². The van der Waals surface area contributed by atoms with E-state index in [1.54, 1.807) is 25.6 Å². The molecule has 0 radical (unpaired) electrons. The summed E-state index contributed by atoms with van der Waals surface area (Å²) in [6.45, 7) is 4.04. The Balaban J connectivity index is 1.44. The van der Waals surface area contributed by atoms with Gasteiger partial charge in [-0.25, -0.2) is 0 Å². The van der Waals surface area contributed by atoms with Crippen molar-refractivity contribution >= 4 is 22.2 Å². The number of thiophene rings is 1. The molecule has 2 aromatic rings. The highest BCUT2D eigenvalue weighted by molar-refractivity contribution is 7.16. The van der Waals surface area contributed by atoms with Crippen molar-refractivity contribution in [3.8, 4) is 17.6 Å². The normalized spacial score (nSPS) is 18.1. The highest BCUT2D eigenvalue weighted by Crippen LogP contribution is 2.39. The van der Waals surface area contributed by atoms with Crippen molar-refractivity contribution in [2.45, 2.75) is 39.2 Å². The van der Waals surface area contributed by atoms with E-state index in [9.17, 15) is 10.1 Å². The minimum Gasteiger partial charge on any atom is -0.493 e. The summed E-state index contributed by atoms with van der Waals surface area (Å²) in [7, 11) is 3.27. The van der Waals surface area contributed by atoms with Gasteiger partial charge in [-0.05, 0) is 60.4 Å². The molecule has 1 aromatic heterocycles. The number of carbonyl (C=O) groups excluding carboxylic acids is 1. The maximum absolute atomic E-state index is 12.8. The fraction of sp³-hybridized carbons (Fsp3) is 0.478. The molecular formula is C23H27N3O3S. The van der Waals surface area contributed by atoms with Gasteiger partial charge in [0.2, 0.25) is 5.91 Å². The minimum atomic E-state index is -0.0675. The van der Waals surface area contributed by atoms with Crippen LogP contribution in [0.5, 0.6) is 11.5 Å². The molecule has 6 nitrogen and oxygen atoms in total. The van der Waals surface area contributed by atoms with Gasteiger partial charge in [0.25, 0.3) is 0 Å². The van der Waals surface area contributed by atoms with Crippen LogP contribution in [0.15, 0.2) is 12.1 Å². The van der Waals surface area contributed by atoms with Crippen LogP contribution in [0.3, 0.4) is 0 Å². The molecule has 7 heteroatoms. The Bertz CT molecular complexity index is 1010. The molecule has 1 aliphatic carbocycles. The highest BCUT2D eigenvalue weighted by atomic mass is 32.1. The Morgan fingerprint density at radius 3 is 2.70 bits per heavy atom. The fourth-order valence-corrected chi connectivity index (χ4v) is 5.78. The van der Waals surface area contributed by atoms with Crippen LogP contribution in [-0.2, 0) is 30.6 Å². The van der Waals surface area contributed by atoms with Crippen LogP contribution in [0.25, 0.3) is 0 Å². The number of hydrogen-bond acceptors (Lipinski definition) is 6. The van der Waals surface area contributed by atoms with E-state index in [-0.39, 0.29) is 5.91 Å². The van der Waals surface area contributed by atoms with Gasteiger partial charge in [-0.15, -0.1) is 11.3 Å². The summed E-state index contributed by atoms with van der Waals surface area (Å²) in [4.78, 5) is 16.1. The van der Waals surface area contributed by atoms with E-state index < -0.39 is 0 Å². The van der Waals surface area contributed by atoms with Crippen LogP contribution in [-0.4, -0.2) is 38.1 Å². The summed E-state index contributed by atoms with van der Waals surface area (Å²) in [5.74, 6) is 2.01. The lowest BCUT2D eigenvalue weighted by atomic mass is 9.89. The molecule has 0 bridgehead atoms. The first-order valence-corrected chi connectivity index (χ1v) is 11.1. The molecule has 2 heterocycles. The van der Waals surface area contributed by atoms with Crippen molar-refractivity contribution in [3.63, 3.8) is 0 Å². The average molecular weight is 426 g/mol. The van der Waals surface area contributed by atoms with E-state index in [4.69, 9.17) is 9.47 Å². The van der Waals surface area contributed by atoms with E-state index in [0.717, 1.165) is 49.1 Å². The summed E-state index contributed by atoms with van der Waals surface area (Å²) in [5.41, 5.74) is 4.20. The van der Waals surface area contributed by atoms with Gasteiger partial charge in [-0.1, -0.05) is 6.92 Å². The maximum atomic E-state index is 12.8. The van der Waals surface area contributed by atoms with Gasteiger partial charge in [0.15, 0.2) is 11.5 Å². The summed E-state index contributed by atoms with van der Waals surface area (Å²) < 4.78 is 10.8.